The number of hydroxylamine groups is 1. The van der Waals surface area contributed by atoms with E-state index >= 15 is 0 Å². The van der Waals surface area contributed by atoms with Crippen molar-refractivity contribution in [3.63, 3.8) is 0 Å². The third-order valence-corrected chi connectivity index (χ3v) is 5.39. The summed E-state index contributed by atoms with van der Waals surface area (Å²) in [6.07, 6.45) is 3.71. The fourth-order valence-electron chi connectivity index (χ4n) is 3.34. The highest BCUT2D eigenvalue weighted by Crippen LogP contribution is 2.26. The van der Waals surface area contributed by atoms with Crippen molar-refractivity contribution in [2.45, 2.75) is 31.3 Å². The second kappa shape index (κ2) is 9.41. The molecule has 0 bridgehead atoms. The van der Waals surface area contributed by atoms with Crippen LogP contribution >= 0.6 is 0 Å². The quantitative estimate of drug-likeness (QED) is 0.317. The van der Waals surface area contributed by atoms with Crippen molar-refractivity contribution >= 4 is 23.4 Å². The fourth-order valence-corrected chi connectivity index (χ4v) is 3.34. The number of carbonyl (C=O) groups is 3. The summed E-state index contributed by atoms with van der Waals surface area (Å²) in [6, 6.07) is 14.1. The minimum absolute atomic E-state index is 0.323. The van der Waals surface area contributed by atoms with E-state index in [1.165, 1.54) is 38.8 Å². The molecule has 0 heterocycles. The van der Waals surface area contributed by atoms with Gasteiger partial charge < -0.3 is 15.5 Å². The number of rotatable bonds is 7. The summed E-state index contributed by atoms with van der Waals surface area (Å²) < 4.78 is 0. The summed E-state index contributed by atoms with van der Waals surface area (Å²) in [5.74, 6) is -2.21. The molecule has 30 heavy (non-hydrogen) atoms. The van der Waals surface area contributed by atoms with Gasteiger partial charge in [-0.15, -0.1) is 0 Å². The van der Waals surface area contributed by atoms with E-state index in [1.807, 2.05) is 36.4 Å². The van der Waals surface area contributed by atoms with E-state index in [9.17, 15) is 14.4 Å². The van der Waals surface area contributed by atoms with E-state index in [0.29, 0.717) is 11.6 Å². The fraction of sp³-hybridized carbons (Fsp3) is 0.318. The highest BCUT2D eigenvalue weighted by Gasteiger charge is 2.33. The van der Waals surface area contributed by atoms with Crippen LogP contribution in [0.3, 0.4) is 0 Å². The SMILES string of the molecule is CNC(=O)C(C(=O)NO)N(C)C(=O)c1ccc(-c2ccc(NC3CCC3)cc2)cc1. The van der Waals surface area contributed by atoms with Crippen LogP contribution in [0.25, 0.3) is 11.1 Å². The van der Waals surface area contributed by atoms with E-state index in [1.54, 1.807) is 12.1 Å². The molecule has 0 saturated heterocycles. The molecule has 1 atom stereocenters. The molecule has 1 fully saturated rings. The highest BCUT2D eigenvalue weighted by atomic mass is 16.5. The van der Waals surface area contributed by atoms with Gasteiger partial charge in [0, 0.05) is 31.4 Å². The second-order valence-corrected chi connectivity index (χ2v) is 7.34. The maximum atomic E-state index is 12.7. The van der Waals surface area contributed by atoms with Crippen LogP contribution in [0, 0.1) is 0 Å². The number of anilines is 1. The van der Waals surface area contributed by atoms with Gasteiger partial charge in [-0.25, -0.2) is 5.48 Å². The Morgan fingerprint density at radius 3 is 2.00 bits per heavy atom. The van der Waals surface area contributed by atoms with Crippen molar-refractivity contribution in [3.05, 3.63) is 54.1 Å². The van der Waals surface area contributed by atoms with Crippen LogP contribution in [0.4, 0.5) is 5.69 Å². The smallest absolute Gasteiger partial charge is 0.275 e. The predicted octanol–water partition coefficient (Wildman–Crippen LogP) is 2.01. The first-order valence-corrected chi connectivity index (χ1v) is 9.84. The van der Waals surface area contributed by atoms with Crippen LogP contribution in [0.15, 0.2) is 48.5 Å². The number of benzene rings is 2. The van der Waals surface area contributed by atoms with E-state index in [-0.39, 0.29) is 0 Å². The third kappa shape index (κ3) is 4.60. The number of amides is 3. The molecule has 0 radical (unpaired) electrons. The van der Waals surface area contributed by atoms with Crippen LogP contribution in [0.1, 0.15) is 29.6 Å². The Balaban J connectivity index is 1.71. The first-order chi connectivity index (χ1) is 14.4. The molecule has 158 valence electrons. The Morgan fingerprint density at radius 1 is 0.967 bits per heavy atom. The largest absolute Gasteiger partial charge is 0.382 e. The summed E-state index contributed by atoms with van der Waals surface area (Å²) >= 11 is 0. The van der Waals surface area contributed by atoms with Crippen LogP contribution in [-0.2, 0) is 9.59 Å². The number of hydrogen-bond acceptors (Lipinski definition) is 5. The number of nitrogens with zero attached hydrogens (tertiary/aromatic N) is 1. The van der Waals surface area contributed by atoms with Crippen LogP contribution in [0.2, 0.25) is 0 Å². The Hall–Kier alpha value is -3.39. The molecule has 0 spiro atoms. The van der Waals surface area contributed by atoms with Crippen molar-refractivity contribution in [1.82, 2.24) is 15.7 Å². The van der Waals surface area contributed by atoms with Crippen LogP contribution in [0.5, 0.6) is 0 Å². The van der Waals surface area contributed by atoms with Crippen molar-refractivity contribution in [3.8, 4) is 11.1 Å². The molecule has 3 rings (SSSR count). The molecule has 2 aromatic carbocycles. The van der Waals surface area contributed by atoms with Gasteiger partial charge >= 0.3 is 0 Å². The number of nitrogens with one attached hydrogen (secondary N) is 3. The normalized spacial score (nSPS) is 14.2. The monoisotopic (exact) mass is 410 g/mol. The van der Waals surface area contributed by atoms with Crippen LogP contribution < -0.4 is 16.1 Å². The summed E-state index contributed by atoms with van der Waals surface area (Å²) in [6.45, 7) is 0. The first kappa shape index (κ1) is 21.3. The topological polar surface area (TPSA) is 111 Å². The molecule has 8 nitrogen and oxygen atoms in total. The van der Waals surface area contributed by atoms with Gasteiger partial charge in [0.25, 0.3) is 17.7 Å². The highest BCUT2D eigenvalue weighted by molar-refractivity contribution is 6.08. The van der Waals surface area contributed by atoms with Crippen molar-refractivity contribution in [2.75, 3.05) is 19.4 Å². The Labute approximate surface area is 175 Å². The molecule has 1 aliphatic carbocycles. The average molecular weight is 410 g/mol. The molecule has 1 saturated carbocycles. The van der Waals surface area contributed by atoms with E-state index < -0.39 is 23.8 Å². The zero-order valence-corrected chi connectivity index (χ0v) is 17.0. The molecule has 3 amide bonds. The molecule has 8 heteroatoms. The molecule has 0 aliphatic heterocycles. The first-order valence-electron chi connectivity index (χ1n) is 9.84. The number of hydrogen-bond donors (Lipinski definition) is 4. The van der Waals surface area contributed by atoms with Gasteiger partial charge in [-0.05, 0) is 54.7 Å². The van der Waals surface area contributed by atoms with Crippen molar-refractivity contribution in [1.29, 1.82) is 0 Å². The molecular weight excluding hydrogens is 384 g/mol. The number of likely N-dealkylation sites (N-methyl/N-ethyl adjacent to an activating group) is 2. The lowest BCUT2D eigenvalue weighted by molar-refractivity contribution is -0.140. The van der Waals surface area contributed by atoms with Crippen molar-refractivity contribution in [2.24, 2.45) is 0 Å². The molecule has 1 unspecified atom stereocenters. The van der Waals surface area contributed by atoms with Gasteiger partial charge in [0.15, 0.2) is 6.04 Å². The van der Waals surface area contributed by atoms with E-state index in [0.717, 1.165) is 21.7 Å². The molecule has 1 aliphatic rings. The van der Waals surface area contributed by atoms with Gasteiger partial charge in [0.05, 0.1) is 0 Å². The minimum atomic E-state index is -1.48. The summed E-state index contributed by atoms with van der Waals surface area (Å²) in [4.78, 5) is 37.5. The lowest BCUT2D eigenvalue weighted by Gasteiger charge is -2.27. The average Bonchev–Trinajstić information content (AvgIpc) is 2.76. The summed E-state index contributed by atoms with van der Waals surface area (Å²) in [5.41, 5.74) is 4.81. The molecular formula is C22H26N4O4. The van der Waals surface area contributed by atoms with Gasteiger partial charge in [0.1, 0.15) is 0 Å². The minimum Gasteiger partial charge on any atom is -0.382 e. The van der Waals surface area contributed by atoms with Gasteiger partial charge in [-0.2, -0.15) is 0 Å². The van der Waals surface area contributed by atoms with E-state index in [2.05, 4.69) is 10.6 Å². The van der Waals surface area contributed by atoms with E-state index in [4.69, 9.17) is 5.21 Å². The predicted molar refractivity (Wildman–Crippen MR) is 113 cm³/mol. The second-order valence-electron chi connectivity index (χ2n) is 7.34. The maximum absolute atomic E-state index is 12.7. The van der Waals surface area contributed by atoms with Crippen LogP contribution in [-0.4, -0.2) is 54.0 Å². The summed E-state index contributed by atoms with van der Waals surface area (Å²) in [7, 11) is 2.68. The van der Waals surface area contributed by atoms with Crippen molar-refractivity contribution < 1.29 is 19.6 Å². The Kier molecular flexibility index (Phi) is 6.68. The maximum Gasteiger partial charge on any atom is 0.275 e. The molecule has 2 aromatic rings. The molecule has 4 N–H and O–H groups in total. The summed E-state index contributed by atoms with van der Waals surface area (Å²) in [5, 5.41) is 14.7. The standard InChI is InChI=1S/C22H26N4O4/c1-23-20(27)19(21(28)25-30)26(2)22(29)16-8-6-14(7-9-16)15-10-12-18(13-11-15)24-17-4-3-5-17/h6-13,17,19,24,30H,3-5H2,1-2H3,(H,23,27)(H,25,28). The Morgan fingerprint density at radius 2 is 1.53 bits per heavy atom. The van der Waals surface area contributed by atoms with Gasteiger partial charge in [-0.1, -0.05) is 24.3 Å². The zero-order valence-electron chi connectivity index (χ0n) is 17.0. The number of carbonyl (C=O) groups excluding carboxylic acids is 3. The lowest BCUT2D eigenvalue weighted by atomic mass is 9.93. The van der Waals surface area contributed by atoms with Gasteiger partial charge in [-0.3, -0.25) is 19.6 Å². The Bertz CT molecular complexity index is 892. The third-order valence-electron chi connectivity index (χ3n) is 5.39. The zero-order chi connectivity index (χ0) is 21.7. The lowest BCUT2D eigenvalue weighted by Crippen LogP contribution is -2.54. The molecule has 0 aromatic heterocycles. The van der Waals surface area contributed by atoms with Gasteiger partial charge in [0.2, 0.25) is 0 Å².